The van der Waals surface area contributed by atoms with E-state index in [-0.39, 0.29) is 0 Å². The number of nitrogens with zero attached hydrogens (tertiary/aromatic N) is 3. The maximum atomic E-state index is 10.4. The standard InChI is InChI=1S/C43H29N3/c44-28-32-27-30(24-25-38(32)45-40-20-7-2-15-34(40)35-16-3-8-21-41(35)45)29-12-11-13-31(26-29)33-14-1-6-19-39(33)46-42-22-9-4-17-36(42)37-18-5-10-23-43(37)46/h1-4,6-17,19-27H,5,18H2. The van der Waals surface area contributed by atoms with Gasteiger partial charge in [0.15, 0.2) is 0 Å². The minimum absolute atomic E-state index is 0.645. The van der Waals surface area contributed by atoms with Crippen LogP contribution < -0.4 is 0 Å². The molecule has 1 aliphatic rings. The molecule has 0 bridgehead atoms. The van der Waals surface area contributed by atoms with Crippen molar-refractivity contribution < 1.29 is 0 Å². The lowest BCUT2D eigenvalue weighted by atomic mass is 9.96. The minimum Gasteiger partial charge on any atom is -0.309 e. The lowest BCUT2D eigenvalue weighted by Gasteiger charge is -2.17. The molecule has 6 aromatic carbocycles. The summed E-state index contributed by atoms with van der Waals surface area (Å²) in [6.45, 7) is 0. The van der Waals surface area contributed by atoms with Crippen LogP contribution in [-0.2, 0) is 6.42 Å². The van der Waals surface area contributed by atoms with E-state index in [1.54, 1.807) is 0 Å². The molecule has 0 atom stereocenters. The second-order valence-corrected chi connectivity index (χ2v) is 12.0. The van der Waals surface area contributed by atoms with Crippen molar-refractivity contribution in [2.45, 2.75) is 12.8 Å². The predicted molar refractivity (Wildman–Crippen MR) is 191 cm³/mol. The van der Waals surface area contributed by atoms with Gasteiger partial charge in [-0.25, -0.2) is 0 Å². The van der Waals surface area contributed by atoms with Gasteiger partial charge in [-0.2, -0.15) is 5.26 Å². The lowest BCUT2D eigenvalue weighted by molar-refractivity contribution is 0.968. The Bertz CT molecular complexity index is 2500. The summed E-state index contributed by atoms with van der Waals surface area (Å²) < 4.78 is 4.65. The van der Waals surface area contributed by atoms with Crippen LogP contribution in [0.5, 0.6) is 0 Å². The molecule has 0 aliphatic heterocycles. The van der Waals surface area contributed by atoms with Crippen molar-refractivity contribution in [1.82, 2.24) is 9.13 Å². The Morgan fingerprint density at radius 1 is 0.522 bits per heavy atom. The molecule has 0 spiro atoms. The Balaban J connectivity index is 1.18. The summed E-state index contributed by atoms with van der Waals surface area (Å²) in [7, 11) is 0. The number of benzene rings is 6. The highest BCUT2D eigenvalue weighted by atomic mass is 15.0. The van der Waals surface area contributed by atoms with Gasteiger partial charge in [0.05, 0.1) is 33.5 Å². The number of rotatable bonds is 4. The number of hydrogen-bond acceptors (Lipinski definition) is 1. The van der Waals surface area contributed by atoms with E-state index in [2.05, 4.69) is 161 Å². The van der Waals surface area contributed by atoms with Gasteiger partial charge in [-0.15, -0.1) is 0 Å². The highest BCUT2D eigenvalue weighted by Crippen LogP contribution is 2.39. The molecule has 0 fully saturated rings. The fourth-order valence-electron chi connectivity index (χ4n) is 7.41. The molecule has 216 valence electrons. The Labute approximate surface area is 267 Å². The average molecular weight is 588 g/mol. The van der Waals surface area contributed by atoms with Gasteiger partial charge < -0.3 is 9.13 Å². The summed E-state index contributed by atoms with van der Waals surface area (Å²) in [5, 5.41) is 14.1. The van der Waals surface area contributed by atoms with E-state index in [9.17, 15) is 5.26 Å². The van der Waals surface area contributed by atoms with Crippen molar-refractivity contribution in [2.75, 3.05) is 0 Å². The van der Waals surface area contributed by atoms with Crippen LogP contribution in [0.25, 0.3) is 72.4 Å². The second kappa shape index (κ2) is 10.5. The Morgan fingerprint density at radius 3 is 1.91 bits per heavy atom. The third-order valence-electron chi connectivity index (χ3n) is 9.45. The molecule has 3 nitrogen and oxygen atoms in total. The largest absolute Gasteiger partial charge is 0.309 e. The maximum Gasteiger partial charge on any atom is 0.101 e. The van der Waals surface area contributed by atoms with E-state index >= 15 is 0 Å². The number of allylic oxidation sites excluding steroid dienone is 1. The van der Waals surface area contributed by atoms with Gasteiger partial charge in [-0.3, -0.25) is 0 Å². The van der Waals surface area contributed by atoms with E-state index < -0.39 is 0 Å². The van der Waals surface area contributed by atoms with E-state index in [0.717, 1.165) is 46.3 Å². The second-order valence-electron chi connectivity index (χ2n) is 12.0. The van der Waals surface area contributed by atoms with E-state index in [0.29, 0.717) is 5.56 Å². The summed E-state index contributed by atoms with van der Waals surface area (Å²) in [5.41, 5.74) is 13.3. The van der Waals surface area contributed by atoms with E-state index in [4.69, 9.17) is 0 Å². The fourth-order valence-corrected chi connectivity index (χ4v) is 7.41. The first-order chi connectivity index (χ1) is 22.8. The van der Waals surface area contributed by atoms with Gasteiger partial charge in [0, 0.05) is 27.4 Å². The molecule has 3 heteroatoms. The third kappa shape index (κ3) is 3.98. The minimum atomic E-state index is 0.645. The maximum absolute atomic E-state index is 10.4. The van der Waals surface area contributed by atoms with Crippen molar-refractivity contribution >= 4 is 38.8 Å². The Morgan fingerprint density at radius 2 is 1.15 bits per heavy atom. The number of fused-ring (bicyclic) bond motifs is 6. The van der Waals surface area contributed by atoms with Crippen LogP contribution in [0.15, 0.2) is 146 Å². The molecule has 0 N–H and O–H groups in total. The highest BCUT2D eigenvalue weighted by Gasteiger charge is 2.20. The lowest BCUT2D eigenvalue weighted by Crippen LogP contribution is -2.02. The van der Waals surface area contributed by atoms with Gasteiger partial charge in [0.2, 0.25) is 0 Å². The molecular formula is C43H29N3. The smallest absolute Gasteiger partial charge is 0.101 e. The van der Waals surface area contributed by atoms with Gasteiger partial charge in [0.25, 0.3) is 0 Å². The number of aryl methyl sites for hydroxylation is 1. The molecular weight excluding hydrogens is 558 g/mol. The van der Waals surface area contributed by atoms with Crippen LogP contribution in [0.4, 0.5) is 0 Å². The van der Waals surface area contributed by atoms with Gasteiger partial charge in [-0.05, 0) is 83.6 Å². The van der Waals surface area contributed by atoms with Crippen LogP contribution in [0.3, 0.4) is 0 Å². The zero-order chi connectivity index (χ0) is 30.6. The van der Waals surface area contributed by atoms with E-state index in [1.807, 2.05) is 6.07 Å². The topological polar surface area (TPSA) is 33.6 Å². The normalized spacial score (nSPS) is 12.5. The molecule has 0 saturated heterocycles. The van der Waals surface area contributed by atoms with Crippen LogP contribution in [-0.4, -0.2) is 9.13 Å². The Hall–Kier alpha value is -6.11. The zero-order valence-electron chi connectivity index (χ0n) is 25.2. The average Bonchev–Trinajstić information content (AvgIpc) is 3.64. The summed E-state index contributed by atoms with van der Waals surface area (Å²) in [5.74, 6) is 0. The van der Waals surface area contributed by atoms with Gasteiger partial charge in [0.1, 0.15) is 6.07 Å². The van der Waals surface area contributed by atoms with Crippen LogP contribution in [0, 0.1) is 11.3 Å². The quantitative estimate of drug-likeness (QED) is 0.202. The van der Waals surface area contributed by atoms with Gasteiger partial charge in [-0.1, -0.05) is 103 Å². The van der Waals surface area contributed by atoms with Crippen molar-refractivity contribution in [3.05, 3.63) is 162 Å². The molecule has 0 unspecified atom stereocenters. The molecule has 9 rings (SSSR count). The van der Waals surface area contributed by atoms with Crippen molar-refractivity contribution in [1.29, 1.82) is 5.26 Å². The summed E-state index contributed by atoms with van der Waals surface area (Å²) >= 11 is 0. The monoisotopic (exact) mass is 587 g/mol. The molecule has 0 saturated carbocycles. The number of para-hydroxylation sites is 4. The highest BCUT2D eigenvalue weighted by molar-refractivity contribution is 6.09. The number of nitriles is 1. The Kier molecular flexibility index (Phi) is 6.01. The number of hydrogen-bond donors (Lipinski definition) is 0. The van der Waals surface area contributed by atoms with Crippen LogP contribution in [0.2, 0.25) is 0 Å². The molecule has 46 heavy (non-hydrogen) atoms. The molecule has 1 aliphatic carbocycles. The molecule has 0 radical (unpaired) electrons. The zero-order valence-corrected chi connectivity index (χ0v) is 25.2. The molecule has 2 aromatic heterocycles. The number of aromatic nitrogens is 2. The van der Waals surface area contributed by atoms with Crippen LogP contribution in [0.1, 0.15) is 23.2 Å². The molecule has 0 amide bonds. The fraction of sp³-hybridized carbons (Fsp3) is 0.0465. The third-order valence-corrected chi connectivity index (χ3v) is 9.45. The summed E-state index contributed by atoms with van der Waals surface area (Å²) in [6.07, 6.45) is 6.71. The SMILES string of the molecule is N#Cc1cc(-c2cccc(-c3ccccc3-n3c4c(c5ccccc53)CCC=C4)c2)ccc1-n1c2ccccc2c2ccccc21. The van der Waals surface area contributed by atoms with Gasteiger partial charge >= 0.3 is 0 Å². The van der Waals surface area contributed by atoms with Crippen molar-refractivity contribution in [3.8, 4) is 39.7 Å². The van der Waals surface area contributed by atoms with Crippen molar-refractivity contribution in [3.63, 3.8) is 0 Å². The first kappa shape index (κ1) is 26.3. The van der Waals surface area contributed by atoms with E-state index in [1.165, 1.54) is 44.2 Å². The first-order valence-electron chi connectivity index (χ1n) is 15.8. The predicted octanol–water partition coefficient (Wildman–Crippen LogP) is 10.9. The van der Waals surface area contributed by atoms with Crippen LogP contribution >= 0.6 is 0 Å². The first-order valence-corrected chi connectivity index (χ1v) is 15.8. The summed E-state index contributed by atoms with van der Waals surface area (Å²) in [6, 6.07) is 51.8. The molecule has 2 heterocycles. The summed E-state index contributed by atoms with van der Waals surface area (Å²) in [4.78, 5) is 0. The van der Waals surface area contributed by atoms with Crippen molar-refractivity contribution in [2.24, 2.45) is 0 Å². The molecule has 8 aromatic rings.